The number of halogens is 1. The lowest BCUT2D eigenvalue weighted by molar-refractivity contribution is 0.153. The molecule has 1 fully saturated rings. The van der Waals surface area contributed by atoms with Gasteiger partial charge in [-0.25, -0.2) is 9.59 Å². The monoisotopic (exact) mass is 340 g/mol. The summed E-state index contributed by atoms with van der Waals surface area (Å²) < 4.78 is 0.872. The van der Waals surface area contributed by atoms with E-state index in [1.54, 1.807) is 12.1 Å². The van der Waals surface area contributed by atoms with Gasteiger partial charge < -0.3 is 15.1 Å². The van der Waals surface area contributed by atoms with Crippen LogP contribution in [0.25, 0.3) is 0 Å². The Labute approximate surface area is 123 Å². The highest BCUT2D eigenvalue weighted by Gasteiger charge is 2.49. The summed E-state index contributed by atoms with van der Waals surface area (Å²) in [5, 5.41) is 18.5. The lowest BCUT2D eigenvalue weighted by atomic mass is 9.82. The Bertz CT molecular complexity index is 606. The number of rotatable bonds is 0. The van der Waals surface area contributed by atoms with Gasteiger partial charge in [-0.1, -0.05) is 15.9 Å². The van der Waals surface area contributed by atoms with E-state index < -0.39 is 17.6 Å². The van der Waals surface area contributed by atoms with Gasteiger partial charge in [-0.3, -0.25) is 4.90 Å². The predicted molar refractivity (Wildman–Crippen MR) is 75.4 cm³/mol. The average Bonchev–Trinajstić information content (AvgIpc) is 2.94. The molecule has 2 amide bonds. The van der Waals surface area contributed by atoms with E-state index in [-0.39, 0.29) is 0 Å². The van der Waals surface area contributed by atoms with Gasteiger partial charge in [0.2, 0.25) is 0 Å². The highest BCUT2D eigenvalue weighted by Crippen LogP contribution is 2.47. The Morgan fingerprint density at radius 2 is 1.95 bits per heavy atom. The third kappa shape index (κ3) is 1.84. The van der Waals surface area contributed by atoms with E-state index in [4.69, 9.17) is 5.11 Å². The molecule has 6 nitrogen and oxygen atoms in total. The highest BCUT2D eigenvalue weighted by atomic mass is 79.9. The van der Waals surface area contributed by atoms with Crippen LogP contribution in [0.2, 0.25) is 0 Å². The molecule has 0 bridgehead atoms. The number of carboxylic acid groups (broad SMARTS) is 2. The van der Waals surface area contributed by atoms with Crippen LogP contribution in [0.4, 0.5) is 15.3 Å². The van der Waals surface area contributed by atoms with E-state index in [0.29, 0.717) is 31.7 Å². The summed E-state index contributed by atoms with van der Waals surface area (Å²) in [6, 6.07) is 5.48. The third-order valence-corrected chi connectivity index (χ3v) is 4.63. The molecule has 1 aromatic carbocycles. The lowest BCUT2D eigenvalue weighted by Crippen LogP contribution is -2.39. The van der Waals surface area contributed by atoms with Crippen molar-refractivity contribution in [3.05, 3.63) is 28.2 Å². The summed E-state index contributed by atoms with van der Waals surface area (Å²) in [4.78, 5) is 25.2. The summed E-state index contributed by atoms with van der Waals surface area (Å²) in [5.74, 6) is 0. The van der Waals surface area contributed by atoms with Gasteiger partial charge in [0, 0.05) is 29.5 Å². The van der Waals surface area contributed by atoms with Crippen molar-refractivity contribution in [1.82, 2.24) is 4.90 Å². The molecule has 1 unspecified atom stereocenters. The first-order chi connectivity index (χ1) is 9.43. The Hall–Kier alpha value is -1.76. The first kappa shape index (κ1) is 13.2. The fourth-order valence-electron chi connectivity index (χ4n) is 3.20. The van der Waals surface area contributed by atoms with E-state index in [2.05, 4.69) is 15.9 Å². The maximum atomic E-state index is 11.4. The molecule has 0 saturated carbocycles. The number of anilines is 1. The molecule has 0 radical (unpaired) electrons. The van der Waals surface area contributed by atoms with Crippen LogP contribution in [0.1, 0.15) is 12.0 Å². The van der Waals surface area contributed by atoms with Crippen molar-refractivity contribution in [2.24, 2.45) is 0 Å². The molecule has 7 heteroatoms. The van der Waals surface area contributed by atoms with Gasteiger partial charge in [-0.05, 0) is 30.2 Å². The minimum absolute atomic E-state index is 0.317. The lowest BCUT2D eigenvalue weighted by Gasteiger charge is -2.24. The Kier molecular flexibility index (Phi) is 2.89. The fourth-order valence-corrected chi connectivity index (χ4v) is 3.56. The van der Waals surface area contributed by atoms with Crippen molar-refractivity contribution in [2.75, 3.05) is 24.5 Å². The molecule has 0 aromatic heterocycles. The van der Waals surface area contributed by atoms with Crippen LogP contribution in [0, 0.1) is 0 Å². The normalized spacial score (nSPS) is 24.2. The first-order valence-electron chi connectivity index (χ1n) is 6.21. The maximum absolute atomic E-state index is 11.4. The Morgan fingerprint density at radius 1 is 1.20 bits per heavy atom. The van der Waals surface area contributed by atoms with Crippen molar-refractivity contribution >= 4 is 33.8 Å². The SMILES string of the molecule is O=C(O)N1CCC2(C1)CN(C(=O)O)c1ccc(Br)cc12. The van der Waals surface area contributed by atoms with Gasteiger partial charge in [0.25, 0.3) is 0 Å². The number of amides is 2. The molecular formula is C13H13BrN2O4. The summed E-state index contributed by atoms with van der Waals surface area (Å²) in [5.41, 5.74) is 1.15. The molecule has 1 saturated heterocycles. The maximum Gasteiger partial charge on any atom is 0.411 e. The van der Waals surface area contributed by atoms with Gasteiger partial charge in [0.1, 0.15) is 0 Å². The van der Waals surface area contributed by atoms with Gasteiger partial charge >= 0.3 is 12.2 Å². The second-order valence-corrected chi connectivity index (χ2v) is 6.18. The number of carbonyl (C=O) groups is 2. The van der Waals surface area contributed by atoms with Crippen molar-refractivity contribution in [1.29, 1.82) is 0 Å². The molecule has 20 heavy (non-hydrogen) atoms. The molecule has 1 aromatic rings. The van der Waals surface area contributed by atoms with Crippen molar-refractivity contribution in [3.8, 4) is 0 Å². The van der Waals surface area contributed by atoms with E-state index in [0.717, 1.165) is 10.0 Å². The van der Waals surface area contributed by atoms with Crippen molar-refractivity contribution in [2.45, 2.75) is 11.8 Å². The average molecular weight is 341 g/mol. The Morgan fingerprint density at radius 3 is 2.55 bits per heavy atom. The first-order valence-corrected chi connectivity index (χ1v) is 7.01. The zero-order valence-corrected chi connectivity index (χ0v) is 12.1. The summed E-state index contributed by atoms with van der Waals surface area (Å²) in [7, 11) is 0. The Balaban J connectivity index is 2.06. The van der Waals surface area contributed by atoms with Gasteiger partial charge in [0.15, 0.2) is 0 Å². The topological polar surface area (TPSA) is 81.1 Å². The third-order valence-electron chi connectivity index (χ3n) is 4.14. The van der Waals surface area contributed by atoms with Gasteiger partial charge in [-0.15, -0.1) is 0 Å². The number of hydrogen-bond acceptors (Lipinski definition) is 2. The van der Waals surface area contributed by atoms with Gasteiger partial charge in [-0.2, -0.15) is 0 Å². The highest BCUT2D eigenvalue weighted by molar-refractivity contribution is 9.10. The predicted octanol–water partition coefficient (Wildman–Crippen LogP) is 2.57. The molecule has 3 rings (SSSR count). The molecule has 1 spiro atoms. The number of hydrogen-bond donors (Lipinski definition) is 2. The summed E-state index contributed by atoms with van der Waals surface area (Å²) >= 11 is 3.40. The standard InChI is InChI=1S/C13H13BrN2O4/c14-8-1-2-10-9(5-8)13(7-16(10)12(19)20)3-4-15(6-13)11(17)18/h1-2,5H,3-4,6-7H2,(H,17,18)(H,19,20). The summed E-state index contributed by atoms with van der Waals surface area (Å²) in [6.45, 7) is 1.10. The van der Waals surface area contributed by atoms with Crippen LogP contribution in [0.15, 0.2) is 22.7 Å². The number of benzene rings is 1. The molecule has 2 heterocycles. The molecular weight excluding hydrogens is 328 g/mol. The molecule has 106 valence electrons. The quantitative estimate of drug-likeness (QED) is 0.760. The fraction of sp³-hybridized carbons (Fsp3) is 0.385. The number of fused-ring (bicyclic) bond motifs is 2. The molecule has 1 atom stereocenters. The van der Waals surface area contributed by atoms with E-state index in [1.165, 1.54) is 9.80 Å². The molecule has 2 aliphatic heterocycles. The van der Waals surface area contributed by atoms with Crippen LogP contribution >= 0.6 is 15.9 Å². The second kappa shape index (κ2) is 4.37. The smallest absolute Gasteiger partial charge is 0.411 e. The minimum atomic E-state index is -1.00. The van der Waals surface area contributed by atoms with Crippen molar-refractivity contribution < 1.29 is 19.8 Å². The number of likely N-dealkylation sites (tertiary alicyclic amines) is 1. The molecule has 0 aliphatic carbocycles. The largest absolute Gasteiger partial charge is 0.465 e. The van der Waals surface area contributed by atoms with Crippen LogP contribution in [-0.4, -0.2) is 46.9 Å². The van der Waals surface area contributed by atoms with E-state index in [9.17, 15) is 14.7 Å². The zero-order chi connectivity index (χ0) is 14.5. The summed E-state index contributed by atoms with van der Waals surface area (Å²) in [6.07, 6.45) is -1.31. The van der Waals surface area contributed by atoms with Gasteiger partial charge in [0.05, 0.1) is 5.69 Å². The van der Waals surface area contributed by atoms with Crippen LogP contribution in [0.5, 0.6) is 0 Å². The molecule has 2 N–H and O–H groups in total. The van der Waals surface area contributed by atoms with Crippen LogP contribution in [-0.2, 0) is 5.41 Å². The minimum Gasteiger partial charge on any atom is -0.465 e. The molecule has 2 aliphatic rings. The van der Waals surface area contributed by atoms with E-state index in [1.807, 2.05) is 6.07 Å². The van der Waals surface area contributed by atoms with Crippen molar-refractivity contribution in [3.63, 3.8) is 0 Å². The van der Waals surface area contributed by atoms with E-state index >= 15 is 0 Å². The van der Waals surface area contributed by atoms with Crippen LogP contribution in [0.3, 0.4) is 0 Å². The second-order valence-electron chi connectivity index (χ2n) is 5.26. The number of nitrogens with zero attached hydrogens (tertiary/aromatic N) is 2. The zero-order valence-electron chi connectivity index (χ0n) is 10.5. The van der Waals surface area contributed by atoms with Crippen LogP contribution < -0.4 is 4.90 Å².